The van der Waals surface area contributed by atoms with Gasteiger partial charge in [-0.1, -0.05) is 20.8 Å². The minimum Gasteiger partial charge on any atom is -0.375 e. The van der Waals surface area contributed by atoms with E-state index in [9.17, 15) is 57.4 Å². The van der Waals surface area contributed by atoms with Crippen LogP contribution < -0.4 is 0 Å². The first-order chi connectivity index (χ1) is 15.7. The van der Waals surface area contributed by atoms with Crippen LogP contribution in [-0.2, 0) is 23.0 Å². The highest BCUT2D eigenvalue weighted by molar-refractivity contribution is 7.53. The third-order valence-electron chi connectivity index (χ3n) is 6.40. The Morgan fingerprint density at radius 3 is 1.36 bits per heavy atom. The number of ether oxygens (including phenoxy) is 1. The maximum absolute atomic E-state index is 11.7. The molecule has 0 saturated heterocycles. The number of hydrogen-bond donors (Lipinski definition) is 8. The van der Waals surface area contributed by atoms with Gasteiger partial charge in [0.25, 0.3) is 0 Å². The van der Waals surface area contributed by atoms with Crippen LogP contribution in [-0.4, -0.2) is 98.4 Å². The largest absolute Gasteiger partial charge is 0.375 e. The van der Waals surface area contributed by atoms with Crippen molar-refractivity contribution >= 4 is 30.4 Å². The summed E-state index contributed by atoms with van der Waals surface area (Å²) >= 11 is 0. The van der Waals surface area contributed by atoms with Crippen molar-refractivity contribution in [1.82, 2.24) is 9.80 Å². The smallest absolute Gasteiger partial charge is 0.339 e. The van der Waals surface area contributed by atoms with Crippen LogP contribution >= 0.6 is 30.4 Å². The van der Waals surface area contributed by atoms with E-state index < -0.39 is 78.5 Å². The maximum atomic E-state index is 11.7. The predicted molar refractivity (Wildman–Crippen MR) is 133 cm³/mol. The van der Waals surface area contributed by atoms with Crippen LogP contribution in [0, 0.1) is 11.8 Å². The number of nitrogens with zero attached hydrogens (tertiary/aromatic N) is 2. The Morgan fingerprint density at radius 1 is 0.694 bits per heavy atom. The molecular formula is C17H42N2O13P4. The van der Waals surface area contributed by atoms with Gasteiger partial charge in [0.2, 0.25) is 0 Å². The molecule has 0 aromatic heterocycles. The van der Waals surface area contributed by atoms with Gasteiger partial charge in [-0.3, -0.25) is 28.1 Å². The summed E-state index contributed by atoms with van der Waals surface area (Å²) < 4.78 is 52.3. The van der Waals surface area contributed by atoms with E-state index in [2.05, 4.69) is 0 Å². The second kappa shape index (κ2) is 13.2. The van der Waals surface area contributed by atoms with E-state index in [0.29, 0.717) is 0 Å². The van der Waals surface area contributed by atoms with E-state index in [4.69, 9.17) is 4.74 Å². The molecule has 3 unspecified atom stereocenters. The monoisotopic (exact) mass is 606 g/mol. The molecule has 8 N–H and O–H groups in total. The molecule has 218 valence electrons. The van der Waals surface area contributed by atoms with Crippen LogP contribution in [0.25, 0.3) is 0 Å². The molecule has 0 amide bonds. The molecule has 15 nitrogen and oxygen atoms in total. The molecule has 3 atom stereocenters. The van der Waals surface area contributed by atoms with Gasteiger partial charge in [-0.15, -0.1) is 0 Å². The lowest BCUT2D eigenvalue weighted by molar-refractivity contribution is -0.0930. The fraction of sp³-hybridized carbons (Fsp3) is 1.00. The van der Waals surface area contributed by atoms with E-state index in [1.165, 1.54) is 0 Å². The van der Waals surface area contributed by atoms with Crippen molar-refractivity contribution < 1.29 is 62.1 Å². The van der Waals surface area contributed by atoms with Crippen molar-refractivity contribution in [3.63, 3.8) is 0 Å². The average Bonchev–Trinajstić information content (AvgIpc) is 2.59. The van der Waals surface area contributed by atoms with Crippen LogP contribution in [0.1, 0.15) is 48.0 Å². The Kier molecular flexibility index (Phi) is 13.4. The molecule has 0 fully saturated rings. The lowest BCUT2D eigenvalue weighted by Crippen LogP contribution is -2.53. The lowest BCUT2D eigenvalue weighted by atomic mass is 9.83. The van der Waals surface area contributed by atoms with Gasteiger partial charge in [-0.25, -0.2) is 0 Å². The SMILES string of the molecule is CCC(C)(C(C)COC(C)(C)C(C)CN(CP(=O)(O)O)CP(=O)(O)O)N(CP(=O)(O)O)CP(=O)(O)O. The van der Waals surface area contributed by atoms with Crippen molar-refractivity contribution in [2.24, 2.45) is 11.8 Å². The van der Waals surface area contributed by atoms with Gasteiger partial charge in [0.15, 0.2) is 0 Å². The highest BCUT2D eigenvalue weighted by Gasteiger charge is 2.42. The first-order valence-electron chi connectivity index (χ1n) is 11.0. The molecule has 0 aliphatic rings. The molecule has 0 aromatic carbocycles. The van der Waals surface area contributed by atoms with E-state index in [1.54, 1.807) is 41.5 Å². The predicted octanol–water partition coefficient (Wildman–Crippen LogP) is 1.37. The molecule has 19 heteroatoms. The lowest BCUT2D eigenvalue weighted by Gasteiger charge is -2.46. The highest BCUT2D eigenvalue weighted by Crippen LogP contribution is 2.46. The van der Waals surface area contributed by atoms with Crippen molar-refractivity contribution in [1.29, 1.82) is 0 Å². The van der Waals surface area contributed by atoms with Gasteiger partial charge >= 0.3 is 30.4 Å². The summed E-state index contributed by atoms with van der Waals surface area (Å²) in [6.45, 7) is 9.90. The molecule has 36 heavy (non-hydrogen) atoms. The topological polar surface area (TPSA) is 246 Å². The molecule has 0 aliphatic heterocycles. The molecule has 0 rings (SSSR count). The quantitative estimate of drug-likeness (QED) is 0.109. The summed E-state index contributed by atoms with van der Waals surface area (Å²) in [6.07, 6.45) is -3.18. The number of hydrogen-bond acceptors (Lipinski definition) is 7. The zero-order valence-corrected chi connectivity index (χ0v) is 25.0. The van der Waals surface area contributed by atoms with E-state index in [-0.39, 0.29) is 19.6 Å². The summed E-state index contributed by atoms with van der Waals surface area (Å²) in [6, 6.07) is 0. The van der Waals surface area contributed by atoms with E-state index in [1.807, 2.05) is 0 Å². The van der Waals surface area contributed by atoms with Crippen molar-refractivity contribution in [2.45, 2.75) is 59.1 Å². The van der Waals surface area contributed by atoms with Gasteiger partial charge in [-0.2, -0.15) is 0 Å². The van der Waals surface area contributed by atoms with Gasteiger partial charge in [0.05, 0.1) is 12.2 Å². The minimum atomic E-state index is -4.67. The molecule has 0 aromatic rings. The van der Waals surface area contributed by atoms with Crippen molar-refractivity contribution in [2.75, 3.05) is 38.3 Å². The second-order valence-electron chi connectivity index (χ2n) is 10.0. The first kappa shape index (κ1) is 36.5. The summed E-state index contributed by atoms with van der Waals surface area (Å²) in [7, 11) is -18.6. The zero-order valence-electron chi connectivity index (χ0n) is 21.4. The summed E-state index contributed by atoms with van der Waals surface area (Å²) in [5.41, 5.74) is -2.07. The first-order valence-corrected chi connectivity index (χ1v) is 18.2. The Balaban J connectivity index is 5.67. The third-order valence-corrected chi connectivity index (χ3v) is 9.36. The Morgan fingerprint density at radius 2 is 1.06 bits per heavy atom. The molecule has 0 spiro atoms. The fourth-order valence-corrected chi connectivity index (χ4v) is 7.17. The Hall–Kier alpha value is 0.480. The fourth-order valence-electron chi connectivity index (χ4n) is 3.65. The summed E-state index contributed by atoms with van der Waals surface area (Å²) in [4.78, 5) is 77.0. The maximum Gasteiger partial charge on any atom is 0.339 e. The summed E-state index contributed by atoms with van der Waals surface area (Å²) in [5.74, 6) is -0.981. The van der Waals surface area contributed by atoms with Gasteiger partial charge in [0, 0.05) is 12.1 Å². The van der Waals surface area contributed by atoms with E-state index in [0.717, 1.165) is 9.80 Å². The normalized spacial score (nSPS) is 17.9. The van der Waals surface area contributed by atoms with Crippen LogP contribution in [0.3, 0.4) is 0 Å². The van der Waals surface area contributed by atoms with Gasteiger partial charge in [-0.05, 0) is 39.0 Å². The molecule has 0 heterocycles. The molecule has 0 saturated carbocycles. The third kappa shape index (κ3) is 14.6. The molecule has 0 aliphatic carbocycles. The van der Waals surface area contributed by atoms with Crippen molar-refractivity contribution in [3.05, 3.63) is 0 Å². The second-order valence-corrected chi connectivity index (χ2v) is 16.5. The van der Waals surface area contributed by atoms with Gasteiger partial charge in [0.1, 0.15) is 25.1 Å². The van der Waals surface area contributed by atoms with Crippen LogP contribution in [0.15, 0.2) is 0 Å². The van der Waals surface area contributed by atoms with Crippen molar-refractivity contribution in [3.8, 4) is 0 Å². The number of rotatable bonds is 17. The molecule has 0 radical (unpaired) electrons. The Bertz CT molecular complexity index is 847. The van der Waals surface area contributed by atoms with Crippen LogP contribution in [0.5, 0.6) is 0 Å². The van der Waals surface area contributed by atoms with E-state index >= 15 is 0 Å². The zero-order chi connectivity index (χ0) is 29.0. The standard InChI is InChI=1S/C17H42N2O13P4/c1-7-17(6,19(12-35(26,27)28)13-36(29,30)31)15(3)9-32-16(4,5)14(2)8-18(10-33(20,21)22)11-34(23,24)25/h14-15H,7-13H2,1-6H3,(H2,20,21,22)(H2,23,24,25)(H2,26,27,28)(H2,29,30,31). The average molecular weight is 606 g/mol. The Labute approximate surface area is 211 Å². The minimum absolute atomic E-state index is 0.0164. The summed E-state index contributed by atoms with van der Waals surface area (Å²) in [5, 5.41) is 0. The highest BCUT2D eigenvalue weighted by atomic mass is 31.2. The van der Waals surface area contributed by atoms with Gasteiger partial charge < -0.3 is 43.9 Å². The molecule has 0 bridgehead atoms. The molecular weight excluding hydrogens is 564 g/mol. The van der Waals surface area contributed by atoms with Crippen LogP contribution in [0.2, 0.25) is 0 Å². The van der Waals surface area contributed by atoms with Crippen LogP contribution in [0.4, 0.5) is 0 Å².